The first-order valence-corrected chi connectivity index (χ1v) is 18.9. The van der Waals surface area contributed by atoms with Crippen molar-refractivity contribution in [2.75, 3.05) is 6.54 Å². The van der Waals surface area contributed by atoms with Gasteiger partial charge in [0.25, 0.3) is 5.91 Å². The number of rotatable bonds is 14. The van der Waals surface area contributed by atoms with Gasteiger partial charge in [-0.15, -0.1) is 0 Å². The molecule has 4 N–H and O–H groups in total. The molecule has 52 heavy (non-hydrogen) atoms. The Morgan fingerprint density at radius 1 is 0.923 bits per heavy atom. The number of fused-ring (bicyclic) bond motifs is 1. The van der Waals surface area contributed by atoms with Gasteiger partial charge in [-0.3, -0.25) is 39.3 Å². The zero-order valence-corrected chi connectivity index (χ0v) is 30.6. The Balaban J connectivity index is 1.39. The van der Waals surface area contributed by atoms with Crippen molar-refractivity contribution in [3.8, 4) is 0 Å². The Morgan fingerprint density at radius 3 is 2.23 bits per heavy atom. The first-order chi connectivity index (χ1) is 24.6. The Kier molecular flexibility index (Phi) is 12.6. The molecule has 1 saturated heterocycles. The maximum atomic E-state index is 14.6. The van der Waals surface area contributed by atoms with Crippen LogP contribution in [0.5, 0.6) is 0 Å². The predicted octanol–water partition coefficient (Wildman–Crippen LogP) is 3.91. The minimum absolute atomic E-state index is 0.0274. The van der Waals surface area contributed by atoms with Crippen LogP contribution in [0.15, 0.2) is 18.6 Å². The van der Waals surface area contributed by atoms with E-state index in [2.05, 4.69) is 31.2 Å². The summed E-state index contributed by atoms with van der Waals surface area (Å²) in [6.07, 6.45) is 6.97. The Morgan fingerprint density at radius 2 is 1.63 bits per heavy atom. The first kappa shape index (κ1) is 39.6. The van der Waals surface area contributed by atoms with Crippen LogP contribution in [0.25, 0.3) is 0 Å². The average Bonchev–Trinajstić information content (AvgIpc) is 3.66. The highest BCUT2D eigenvalue weighted by molar-refractivity contribution is 6.38. The van der Waals surface area contributed by atoms with Gasteiger partial charge >= 0.3 is 6.18 Å². The number of halogens is 3. The van der Waals surface area contributed by atoms with E-state index in [0.29, 0.717) is 25.7 Å². The molecule has 0 spiro atoms. The summed E-state index contributed by atoms with van der Waals surface area (Å²) in [6.45, 7) is 7.40. The maximum Gasteiger partial charge on any atom is 0.409 e. The average molecular weight is 734 g/mol. The second-order valence-corrected chi connectivity index (χ2v) is 16.2. The molecular formula is C37H54F3N7O5. The number of ketones is 1. The van der Waals surface area contributed by atoms with Gasteiger partial charge in [0.1, 0.15) is 18.1 Å². The summed E-state index contributed by atoms with van der Waals surface area (Å²) in [4.78, 5) is 78.0. The third-order valence-electron chi connectivity index (χ3n) is 11.1. The van der Waals surface area contributed by atoms with Crippen molar-refractivity contribution < 1.29 is 37.1 Å². The van der Waals surface area contributed by atoms with Crippen molar-refractivity contribution in [3.63, 3.8) is 0 Å². The summed E-state index contributed by atoms with van der Waals surface area (Å²) in [5.74, 6) is -3.77. The third-order valence-corrected chi connectivity index (χ3v) is 11.1. The van der Waals surface area contributed by atoms with Crippen LogP contribution in [0.1, 0.15) is 116 Å². The molecule has 4 fully saturated rings. The smallest absolute Gasteiger partial charge is 0.347 e. The van der Waals surface area contributed by atoms with Crippen LogP contribution in [0.2, 0.25) is 0 Å². The lowest BCUT2D eigenvalue weighted by molar-refractivity contribution is -0.163. The van der Waals surface area contributed by atoms with Crippen LogP contribution in [0.3, 0.4) is 0 Å². The molecule has 4 amide bonds. The summed E-state index contributed by atoms with van der Waals surface area (Å²) in [5, 5.41) is 10.9. The summed E-state index contributed by atoms with van der Waals surface area (Å²) >= 11 is 0. The Labute approximate surface area is 303 Å². The first-order valence-electron chi connectivity index (χ1n) is 18.9. The van der Waals surface area contributed by atoms with Crippen molar-refractivity contribution >= 4 is 29.4 Å². The lowest BCUT2D eigenvalue weighted by atomic mass is 9.81. The molecule has 2 heterocycles. The number of amides is 4. The highest BCUT2D eigenvalue weighted by Gasteiger charge is 2.53. The summed E-state index contributed by atoms with van der Waals surface area (Å²) in [6, 6.07) is -6.74. The molecule has 3 unspecified atom stereocenters. The topological polar surface area (TPSA) is 162 Å². The number of nitrogens with zero attached hydrogens (tertiary/aromatic N) is 3. The lowest BCUT2D eigenvalue weighted by Crippen LogP contribution is -2.62. The molecule has 4 aliphatic rings. The number of hydrogen-bond acceptors (Lipinski definition) is 8. The number of aromatic nitrogens is 2. The van der Waals surface area contributed by atoms with Crippen molar-refractivity contribution in [2.45, 2.75) is 147 Å². The molecule has 3 saturated carbocycles. The monoisotopic (exact) mass is 733 g/mol. The number of carbonyl (C=O) groups excluding carboxylic acids is 5. The van der Waals surface area contributed by atoms with E-state index in [1.807, 2.05) is 6.92 Å². The fraction of sp³-hybridized carbons (Fsp3) is 0.757. The van der Waals surface area contributed by atoms with Gasteiger partial charge in [-0.25, -0.2) is 0 Å². The molecular weight excluding hydrogens is 679 g/mol. The van der Waals surface area contributed by atoms with Gasteiger partial charge in [0.05, 0.1) is 24.0 Å². The Hall–Kier alpha value is -3.62. The number of carbonyl (C=O) groups is 5. The van der Waals surface area contributed by atoms with Gasteiger partial charge in [-0.05, 0) is 68.1 Å². The van der Waals surface area contributed by atoms with Gasteiger partial charge in [-0.2, -0.15) is 13.2 Å². The minimum atomic E-state index is -4.79. The molecule has 1 aromatic heterocycles. The zero-order chi connectivity index (χ0) is 37.8. The van der Waals surface area contributed by atoms with Crippen molar-refractivity contribution in [3.05, 3.63) is 24.3 Å². The number of nitrogens with one attached hydrogen (secondary N) is 4. The number of alkyl halides is 3. The van der Waals surface area contributed by atoms with Crippen LogP contribution in [-0.2, 0) is 24.0 Å². The summed E-state index contributed by atoms with van der Waals surface area (Å²) in [7, 11) is 0. The van der Waals surface area contributed by atoms with E-state index in [4.69, 9.17) is 0 Å². The van der Waals surface area contributed by atoms with Crippen LogP contribution >= 0.6 is 0 Å². The molecule has 0 aromatic carbocycles. The second kappa shape index (κ2) is 16.6. The van der Waals surface area contributed by atoms with Crippen molar-refractivity contribution in [1.82, 2.24) is 36.1 Å². The predicted molar refractivity (Wildman–Crippen MR) is 185 cm³/mol. The van der Waals surface area contributed by atoms with E-state index in [1.165, 1.54) is 17.3 Å². The van der Waals surface area contributed by atoms with E-state index < -0.39 is 77.1 Å². The number of likely N-dealkylation sites (tertiary alicyclic amines) is 1. The summed E-state index contributed by atoms with van der Waals surface area (Å²) < 4.78 is 43.5. The molecule has 7 atom stereocenters. The third kappa shape index (κ3) is 9.48. The van der Waals surface area contributed by atoms with Crippen LogP contribution in [0, 0.1) is 23.2 Å². The van der Waals surface area contributed by atoms with Gasteiger partial charge in [-0.1, -0.05) is 59.8 Å². The highest BCUT2D eigenvalue weighted by atomic mass is 19.4. The minimum Gasteiger partial charge on any atom is -0.347 e. The molecule has 3 aliphatic carbocycles. The quantitative estimate of drug-likeness (QED) is 0.209. The fourth-order valence-corrected chi connectivity index (χ4v) is 8.25. The molecule has 1 aliphatic heterocycles. The van der Waals surface area contributed by atoms with E-state index in [9.17, 15) is 37.1 Å². The molecule has 12 nitrogen and oxygen atoms in total. The van der Waals surface area contributed by atoms with Crippen LogP contribution in [0.4, 0.5) is 13.2 Å². The van der Waals surface area contributed by atoms with Gasteiger partial charge in [0.2, 0.25) is 23.5 Å². The number of hydrogen-bond donors (Lipinski definition) is 4. The lowest BCUT2D eigenvalue weighted by Gasteiger charge is -2.39. The molecule has 5 rings (SSSR count). The van der Waals surface area contributed by atoms with Crippen LogP contribution in [-0.4, -0.2) is 87.2 Å². The van der Waals surface area contributed by atoms with Gasteiger partial charge < -0.3 is 20.9 Å². The van der Waals surface area contributed by atoms with E-state index in [1.54, 1.807) is 20.8 Å². The second-order valence-electron chi connectivity index (χ2n) is 16.2. The standard InChI is InChI=1S/C37H54F3N7O5/c1-5-10-25(29(48)34(51)43-23-15-16-23)44-33(50)28-24-14-9-13-22(24)20-47(28)35(52)31(36(2,3)4)46-32(49)27(21-11-7-6-8-12-21)45-30(37(38,39)40)26-19-41-17-18-42-26/h17-19,21-25,27-28,30-31,45H,5-16,20H2,1-4H3,(H,43,51)(H,44,50)(H,46,49)/t22-,24-,25?,27?,28-,30-,31?/m0/s1. The highest BCUT2D eigenvalue weighted by Crippen LogP contribution is 2.43. The van der Waals surface area contributed by atoms with Crippen molar-refractivity contribution in [1.29, 1.82) is 0 Å². The molecule has 0 radical (unpaired) electrons. The largest absolute Gasteiger partial charge is 0.409 e. The zero-order valence-electron chi connectivity index (χ0n) is 30.6. The van der Waals surface area contributed by atoms with E-state index >= 15 is 0 Å². The molecule has 288 valence electrons. The summed E-state index contributed by atoms with van der Waals surface area (Å²) in [5.41, 5.74) is -1.26. The maximum absolute atomic E-state index is 14.6. The molecule has 1 aromatic rings. The SMILES string of the molecule is CCCC(NC(=O)[C@@H]1[C@H]2CCC[C@H]2CN1C(=O)C(NC(=O)C(N[C@@H](c1cnccn1)C(F)(F)F)C1CCCCC1)C(C)(C)C)C(=O)C(=O)NC1CC1. The number of Topliss-reactive ketones (excluding diaryl/α,β-unsaturated/α-hetero) is 1. The normalized spacial score (nSPS) is 24.7. The van der Waals surface area contributed by atoms with Crippen LogP contribution < -0.4 is 21.3 Å². The van der Waals surface area contributed by atoms with E-state index in [0.717, 1.165) is 51.1 Å². The molecule has 0 bridgehead atoms. The van der Waals surface area contributed by atoms with Gasteiger partial charge in [0.15, 0.2) is 0 Å². The Bertz CT molecular complexity index is 1440. The van der Waals surface area contributed by atoms with Gasteiger partial charge in [0, 0.05) is 25.0 Å². The van der Waals surface area contributed by atoms with Crippen molar-refractivity contribution in [2.24, 2.45) is 23.2 Å². The fourth-order valence-electron chi connectivity index (χ4n) is 8.25. The molecule has 15 heteroatoms. The van der Waals surface area contributed by atoms with E-state index in [-0.39, 0.29) is 36.5 Å².